The molecule has 0 aliphatic carbocycles. The fourth-order valence-electron chi connectivity index (χ4n) is 2.92. The van der Waals surface area contributed by atoms with Crippen molar-refractivity contribution in [2.75, 3.05) is 78.4 Å². The average Bonchev–Trinajstić information content (AvgIpc) is 2.76. The maximum absolute atomic E-state index is 8.75. The van der Waals surface area contributed by atoms with Crippen molar-refractivity contribution in [2.24, 2.45) is 0 Å². The molecule has 0 rings (SSSR count). The molecule has 0 amide bonds. The lowest BCUT2D eigenvalue weighted by Gasteiger charge is -2.18. The van der Waals surface area contributed by atoms with Crippen LogP contribution in [0.3, 0.4) is 0 Å². The van der Waals surface area contributed by atoms with E-state index in [-0.39, 0.29) is 19.3 Å². The summed E-state index contributed by atoms with van der Waals surface area (Å²) in [6, 6.07) is 0. The zero-order valence-electron chi connectivity index (χ0n) is 18.8. The summed E-state index contributed by atoms with van der Waals surface area (Å²) in [5, 5.41) is 17.4. The lowest BCUT2D eigenvalue weighted by Crippen LogP contribution is -2.23. The van der Waals surface area contributed by atoms with Crippen LogP contribution in [-0.2, 0) is 23.7 Å². The van der Waals surface area contributed by atoms with Crippen molar-refractivity contribution in [1.29, 1.82) is 0 Å². The summed E-state index contributed by atoms with van der Waals surface area (Å²) in [4.78, 5) is 0. The van der Waals surface area contributed by atoms with E-state index < -0.39 is 0 Å². The largest absolute Gasteiger partial charge is 0.394 e. The van der Waals surface area contributed by atoms with Gasteiger partial charge in [-0.1, -0.05) is 44.9 Å². The number of ether oxygens (including phenoxy) is 5. The van der Waals surface area contributed by atoms with Gasteiger partial charge in [-0.15, -0.1) is 0 Å². The minimum absolute atomic E-state index is 0.0337. The highest BCUT2D eigenvalue weighted by atomic mass is 32.1. The second-order valence-corrected chi connectivity index (χ2v) is 7.64. The molecule has 0 aromatic heterocycles. The highest BCUT2D eigenvalue weighted by molar-refractivity contribution is 7.80. The van der Waals surface area contributed by atoms with Gasteiger partial charge < -0.3 is 33.9 Å². The predicted octanol–water partition coefficient (Wildman–Crippen LogP) is 2.86. The van der Waals surface area contributed by atoms with Crippen LogP contribution >= 0.6 is 12.6 Å². The lowest BCUT2D eigenvalue weighted by molar-refractivity contribution is -0.0553. The van der Waals surface area contributed by atoms with E-state index in [1.165, 1.54) is 44.9 Å². The Balaban J connectivity index is 3.75. The Bertz CT molecular complexity index is 289. The van der Waals surface area contributed by atoms with Gasteiger partial charge in [0.1, 0.15) is 0 Å². The molecule has 0 radical (unpaired) electrons. The number of hydrogen-bond acceptors (Lipinski definition) is 8. The summed E-state index contributed by atoms with van der Waals surface area (Å²) in [6.45, 7) is 4.32. The van der Waals surface area contributed by atoms with Gasteiger partial charge in [-0.3, -0.25) is 0 Å². The number of unbranched alkanes of at least 4 members (excludes halogenated alkanes) is 7. The maximum atomic E-state index is 8.75. The number of thiol groups is 1. The van der Waals surface area contributed by atoms with Crippen molar-refractivity contribution in [2.45, 2.75) is 63.9 Å². The van der Waals surface area contributed by atoms with Crippen LogP contribution in [0.2, 0.25) is 0 Å². The monoisotopic (exact) mass is 454 g/mol. The van der Waals surface area contributed by atoms with E-state index in [1.54, 1.807) is 0 Å². The van der Waals surface area contributed by atoms with E-state index in [9.17, 15) is 0 Å². The van der Waals surface area contributed by atoms with Gasteiger partial charge in [-0.25, -0.2) is 0 Å². The number of aliphatic hydroxyl groups is 2. The van der Waals surface area contributed by atoms with Crippen LogP contribution in [0.1, 0.15) is 57.8 Å². The minimum atomic E-state index is 0.0337. The molecule has 0 heterocycles. The van der Waals surface area contributed by atoms with Gasteiger partial charge in [0.15, 0.2) is 0 Å². The zero-order chi connectivity index (χ0) is 22.0. The second kappa shape index (κ2) is 27.1. The summed E-state index contributed by atoms with van der Waals surface area (Å²) in [6.07, 6.45) is 11.2. The van der Waals surface area contributed by atoms with Crippen LogP contribution in [-0.4, -0.2) is 94.7 Å². The minimum Gasteiger partial charge on any atom is -0.394 e. The van der Waals surface area contributed by atoms with Gasteiger partial charge in [0, 0.05) is 0 Å². The second-order valence-electron chi connectivity index (χ2n) is 7.19. The molecule has 0 aliphatic rings. The van der Waals surface area contributed by atoms with E-state index in [0.717, 1.165) is 18.6 Å². The normalized spacial score (nSPS) is 12.5. The lowest BCUT2D eigenvalue weighted by atomic mass is 10.1. The predicted molar refractivity (Wildman–Crippen MR) is 123 cm³/mol. The van der Waals surface area contributed by atoms with Crippen LogP contribution in [0.5, 0.6) is 0 Å². The number of aliphatic hydroxyl groups excluding tert-OH is 2. The molecule has 8 heteroatoms. The molecule has 1 unspecified atom stereocenters. The summed E-state index contributed by atoms with van der Waals surface area (Å²) < 4.78 is 27.4. The van der Waals surface area contributed by atoms with E-state index in [2.05, 4.69) is 12.6 Å². The molecule has 182 valence electrons. The topological polar surface area (TPSA) is 86.6 Å². The molecule has 1 atom stereocenters. The molecule has 0 bridgehead atoms. The van der Waals surface area contributed by atoms with Gasteiger partial charge in [-0.2, -0.15) is 12.6 Å². The van der Waals surface area contributed by atoms with Gasteiger partial charge in [-0.05, 0) is 18.6 Å². The highest BCUT2D eigenvalue weighted by Gasteiger charge is 2.09. The fourth-order valence-corrected chi connectivity index (χ4v) is 3.14. The Morgan fingerprint density at radius 1 is 0.533 bits per heavy atom. The Morgan fingerprint density at radius 2 is 1.00 bits per heavy atom. The summed E-state index contributed by atoms with van der Waals surface area (Å²) in [5.41, 5.74) is 0. The van der Waals surface area contributed by atoms with E-state index in [1.807, 2.05) is 0 Å². The Hall–Kier alpha value is 0.0700. The first kappa shape index (κ1) is 30.1. The number of rotatable bonds is 26. The Morgan fingerprint density at radius 3 is 1.57 bits per heavy atom. The summed E-state index contributed by atoms with van der Waals surface area (Å²) in [7, 11) is 0. The van der Waals surface area contributed by atoms with E-state index in [4.69, 9.17) is 33.9 Å². The quantitative estimate of drug-likeness (QED) is 0.137. The van der Waals surface area contributed by atoms with Crippen LogP contribution in [0.15, 0.2) is 0 Å². The first-order valence-electron chi connectivity index (χ1n) is 11.6. The molecule has 0 saturated heterocycles. The summed E-state index contributed by atoms with van der Waals surface area (Å²) in [5.74, 6) is 1.000. The van der Waals surface area contributed by atoms with Crippen LogP contribution in [0.25, 0.3) is 0 Å². The molecule has 0 spiro atoms. The molecule has 7 nitrogen and oxygen atoms in total. The molecule has 0 saturated carbocycles. The van der Waals surface area contributed by atoms with Gasteiger partial charge in [0.2, 0.25) is 0 Å². The third-order valence-corrected chi connectivity index (χ3v) is 4.85. The first-order valence-corrected chi connectivity index (χ1v) is 12.2. The molecule has 0 aromatic carbocycles. The molecule has 0 fully saturated rings. The van der Waals surface area contributed by atoms with E-state index >= 15 is 0 Å². The Kier molecular flexibility index (Phi) is 27.2. The molecular formula is C22H46O7S. The van der Waals surface area contributed by atoms with Crippen LogP contribution in [0.4, 0.5) is 0 Å². The molecule has 2 N–H and O–H groups in total. The zero-order valence-corrected chi connectivity index (χ0v) is 19.7. The summed E-state index contributed by atoms with van der Waals surface area (Å²) >= 11 is 4.25. The van der Waals surface area contributed by atoms with Crippen LogP contribution < -0.4 is 0 Å². The third-order valence-electron chi connectivity index (χ3n) is 4.53. The maximum Gasteiger partial charge on any atom is 0.0809 e. The van der Waals surface area contributed by atoms with Crippen molar-refractivity contribution >= 4 is 12.6 Å². The molecule has 0 aromatic rings. The van der Waals surface area contributed by atoms with Crippen molar-refractivity contribution in [3.63, 3.8) is 0 Å². The molecular weight excluding hydrogens is 408 g/mol. The van der Waals surface area contributed by atoms with Crippen molar-refractivity contribution in [3.8, 4) is 0 Å². The van der Waals surface area contributed by atoms with E-state index in [0.29, 0.717) is 59.5 Å². The van der Waals surface area contributed by atoms with Crippen molar-refractivity contribution in [1.82, 2.24) is 0 Å². The fraction of sp³-hybridized carbons (Fsp3) is 1.00. The SMILES string of the molecule is OCCOCCOCCOCC(CCCCCCCCCCS)OCCOCCO. The van der Waals surface area contributed by atoms with Gasteiger partial charge >= 0.3 is 0 Å². The van der Waals surface area contributed by atoms with Crippen LogP contribution in [0, 0.1) is 0 Å². The third kappa shape index (κ3) is 24.3. The average molecular weight is 455 g/mol. The van der Waals surface area contributed by atoms with Crippen molar-refractivity contribution < 1.29 is 33.9 Å². The van der Waals surface area contributed by atoms with Gasteiger partial charge in [0.05, 0.1) is 78.8 Å². The highest BCUT2D eigenvalue weighted by Crippen LogP contribution is 2.12. The molecule has 0 aliphatic heterocycles. The first-order chi connectivity index (χ1) is 14.8. The van der Waals surface area contributed by atoms with Crippen molar-refractivity contribution in [3.05, 3.63) is 0 Å². The van der Waals surface area contributed by atoms with Gasteiger partial charge in [0.25, 0.3) is 0 Å². The Labute approximate surface area is 189 Å². The number of hydrogen-bond donors (Lipinski definition) is 3. The smallest absolute Gasteiger partial charge is 0.0809 e. The standard InChI is InChI=1S/C22H46O7S/c23-10-12-25-14-15-27-16-17-28-21-22(29-19-18-26-13-11-24)9-7-5-3-1-2-4-6-8-20-30/h22-24,30H,1-21H2. The molecule has 30 heavy (non-hydrogen) atoms.